The Morgan fingerprint density at radius 2 is 2.26 bits per heavy atom. The van der Waals surface area contributed by atoms with Crippen molar-refractivity contribution < 1.29 is 4.79 Å². The van der Waals surface area contributed by atoms with Gasteiger partial charge in [-0.05, 0) is 30.9 Å². The lowest BCUT2D eigenvalue weighted by atomic mass is 10.1. The van der Waals surface area contributed by atoms with E-state index in [0.29, 0.717) is 17.9 Å². The Balaban J connectivity index is 2.06. The number of carbonyl (C=O) groups excluding carboxylic acids is 1. The van der Waals surface area contributed by atoms with Crippen LogP contribution in [0.1, 0.15) is 52.9 Å². The summed E-state index contributed by atoms with van der Waals surface area (Å²) in [4.78, 5) is 14.9. The summed E-state index contributed by atoms with van der Waals surface area (Å²) in [5.41, 5.74) is 0. The Hall–Kier alpha value is -0.220. The Kier molecular flexibility index (Phi) is 5.58. The number of nitrogens with zero attached hydrogens (tertiary/aromatic N) is 1. The first-order chi connectivity index (χ1) is 9.15. The molecule has 0 aromatic heterocycles. The fourth-order valence-corrected chi connectivity index (χ4v) is 4.29. The molecular formula is C15H28N2OS. The second kappa shape index (κ2) is 6.98. The van der Waals surface area contributed by atoms with Gasteiger partial charge in [-0.1, -0.05) is 33.6 Å². The van der Waals surface area contributed by atoms with E-state index in [1.807, 2.05) is 11.8 Å². The van der Waals surface area contributed by atoms with E-state index in [1.54, 1.807) is 0 Å². The van der Waals surface area contributed by atoms with Gasteiger partial charge in [-0.25, -0.2) is 0 Å². The maximum absolute atomic E-state index is 12.7. The van der Waals surface area contributed by atoms with E-state index in [4.69, 9.17) is 0 Å². The van der Waals surface area contributed by atoms with Crippen LogP contribution in [0.4, 0.5) is 0 Å². The molecular weight excluding hydrogens is 256 g/mol. The molecule has 0 aromatic carbocycles. The Bertz CT molecular complexity index is 303. The highest BCUT2D eigenvalue weighted by molar-refractivity contribution is 7.99. The molecule has 1 amide bonds. The molecule has 0 spiro atoms. The van der Waals surface area contributed by atoms with Gasteiger partial charge in [0, 0.05) is 11.8 Å². The summed E-state index contributed by atoms with van der Waals surface area (Å²) in [6, 6.07) is 0.525. The molecule has 110 valence electrons. The van der Waals surface area contributed by atoms with Gasteiger partial charge in [0.2, 0.25) is 5.91 Å². The zero-order valence-corrected chi connectivity index (χ0v) is 13.3. The van der Waals surface area contributed by atoms with Crippen molar-refractivity contribution in [2.75, 3.05) is 11.5 Å². The molecule has 1 N–H and O–H groups in total. The third kappa shape index (κ3) is 3.46. The lowest BCUT2D eigenvalue weighted by molar-refractivity contribution is -0.132. The van der Waals surface area contributed by atoms with Crippen LogP contribution >= 0.6 is 11.8 Å². The third-order valence-electron chi connectivity index (χ3n) is 4.23. The van der Waals surface area contributed by atoms with Crippen molar-refractivity contribution in [1.29, 1.82) is 0 Å². The van der Waals surface area contributed by atoms with Gasteiger partial charge < -0.3 is 4.90 Å². The minimum atomic E-state index is 0.0688. The highest BCUT2D eigenvalue weighted by Gasteiger charge is 2.43. The quantitative estimate of drug-likeness (QED) is 0.842. The van der Waals surface area contributed by atoms with Crippen LogP contribution in [-0.4, -0.2) is 40.6 Å². The summed E-state index contributed by atoms with van der Waals surface area (Å²) < 4.78 is 0. The number of amides is 1. The minimum Gasteiger partial charge on any atom is -0.322 e. The monoisotopic (exact) mass is 284 g/mol. The van der Waals surface area contributed by atoms with Crippen LogP contribution in [0.5, 0.6) is 0 Å². The molecule has 0 bridgehead atoms. The molecule has 2 heterocycles. The summed E-state index contributed by atoms with van der Waals surface area (Å²) >= 11 is 2.00. The fraction of sp³-hybridized carbons (Fsp3) is 0.933. The summed E-state index contributed by atoms with van der Waals surface area (Å²) in [7, 11) is 0. The molecule has 4 heteroatoms. The Morgan fingerprint density at radius 1 is 1.47 bits per heavy atom. The van der Waals surface area contributed by atoms with Crippen molar-refractivity contribution in [2.45, 2.75) is 71.1 Å². The smallest absolute Gasteiger partial charge is 0.241 e. The number of hydrogen-bond donors (Lipinski definition) is 1. The zero-order chi connectivity index (χ0) is 13.8. The van der Waals surface area contributed by atoms with Gasteiger partial charge in [0.1, 0.15) is 0 Å². The van der Waals surface area contributed by atoms with Crippen molar-refractivity contribution >= 4 is 17.7 Å². The lowest BCUT2D eigenvalue weighted by Crippen LogP contribution is -2.49. The van der Waals surface area contributed by atoms with Crippen molar-refractivity contribution in [2.24, 2.45) is 5.92 Å². The summed E-state index contributed by atoms with van der Waals surface area (Å²) in [5, 5.41) is 3.59. The Labute approximate surface area is 121 Å². The van der Waals surface area contributed by atoms with Crippen LogP contribution in [0.2, 0.25) is 0 Å². The van der Waals surface area contributed by atoms with Crippen molar-refractivity contribution in [3.8, 4) is 0 Å². The molecule has 2 aliphatic rings. The molecule has 2 aliphatic heterocycles. The predicted molar refractivity (Wildman–Crippen MR) is 82.3 cm³/mol. The van der Waals surface area contributed by atoms with E-state index in [2.05, 4.69) is 31.0 Å². The summed E-state index contributed by atoms with van der Waals surface area (Å²) in [6.07, 6.45) is 5.99. The fourth-order valence-electron chi connectivity index (χ4n) is 3.15. The minimum absolute atomic E-state index is 0.0688. The first-order valence-corrected chi connectivity index (χ1v) is 8.96. The average Bonchev–Trinajstić information content (AvgIpc) is 2.75. The van der Waals surface area contributed by atoms with Crippen molar-refractivity contribution in [3.63, 3.8) is 0 Å². The van der Waals surface area contributed by atoms with E-state index < -0.39 is 0 Å². The standard InChI is InChI=1S/C15H28N2OS/c1-4-5-8-13-15(18)17(14(16-13)11(2)3)12-7-6-9-19-10-12/h11-14,16H,4-10H2,1-3H3. The number of nitrogens with one attached hydrogen (secondary N) is 1. The van der Waals surface area contributed by atoms with E-state index in [-0.39, 0.29) is 12.2 Å². The van der Waals surface area contributed by atoms with E-state index in [0.717, 1.165) is 25.0 Å². The van der Waals surface area contributed by atoms with Crippen LogP contribution in [0.15, 0.2) is 0 Å². The Morgan fingerprint density at radius 3 is 2.84 bits per heavy atom. The van der Waals surface area contributed by atoms with Gasteiger partial charge in [0.25, 0.3) is 0 Å². The van der Waals surface area contributed by atoms with Gasteiger partial charge in [-0.2, -0.15) is 11.8 Å². The maximum Gasteiger partial charge on any atom is 0.241 e. The highest BCUT2D eigenvalue weighted by Crippen LogP contribution is 2.29. The van der Waals surface area contributed by atoms with E-state index in [1.165, 1.54) is 18.6 Å². The predicted octanol–water partition coefficient (Wildman–Crippen LogP) is 2.85. The molecule has 0 aliphatic carbocycles. The highest BCUT2D eigenvalue weighted by atomic mass is 32.2. The second-order valence-corrected chi connectivity index (χ2v) is 7.32. The normalized spacial score (nSPS) is 32.3. The van der Waals surface area contributed by atoms with E-state index in [9.17, 15) is 4.79 Å². The number of rotatable bonds is 5. The number of carbonyl (C=O) groups is 1. The molecule has 3 unspecified atom stereocenters. The van der Waals surface area contributed by atoms with Crippen molar-refractivity contribution in [3.05, 3.63) is 0 Å². The number of unbranched alkanes of at least 4 members (excludes halogenated alkanes) is 1. The van der Waals surface area contributed by atoms with Gasteiger partial charge in [-0.15, -0.1) is 0 Å². The van der Waals surface area contributed by atoms with Gasteiger partial charge in [-0.3, -0.25) is 10.1 Å². The van der Waals surface area contributed by atoms with Crippen LogP contribution in [-0.2, 0) is 4.79 Å². The third-order valence-corrected chi connectivity index (χ3v) is 5.43. The second-order valence-electron chi connectivity index (χ2n) is 6.17. The molecule has 19 heavy (non-hydrogen) atoms. The van der Waals surface area contributed by atoms with Crippen LogP contribution < -0.4 is 5.32 Å². The molecule has 2 rings (SSSR count). The van der Waals surface area contributed by atoms with Crippen LogP contribution in [0.3, 0.4) is 0 Å². The number of hydrogen-bond acceptors (Lipinski definition) is 3. The van der Waals surface area contributed by atoms with Crippen molar-refractivity contribution in [1.82, 2.24) is 10.2 Å². The van der Waals surface area contributed by atoms with Gasteiger partial charge in [0.05, 0.1) is 12.2 Å². The number of thioether (sulfide) groups is 1. The summed E-state index contributed by atoms with van der Waals surface area (Å²) in [6.45, 7) is 6.63. The topological polar surface area (TPSA) is 32.3 Å². The van der Waals surface area contributed by atoms with Crippen LogP contribution in [0, 0.1) is 5.92 Å². The van der Waals surface area contributed by atoms with Gasteiger partial charge in [0.15, 0.2) is 0 Å². The molecule has 0 saturated carbocycles. The molecule has 2 saturated heterocycles. The lowest BCUT2D eigenvalue weighted by Gasteiger charge is -2.36. The average molecular weight is 284 g/mol. The molecule has 2 fully saturated rings. The maximum atomic E-state index is 12.7. The van der Waals surface area contributed by atoms with Gasteiger partial charge >= 0.3 is 0 Å². The first kappa shape index (κ1) is 15.2. The van der Waals surface area contributed by atoms with E-state index >= 15 is 0 Å². The summed E-state index contributed by atoms with van der Waals surface area (Å²) in [5.74, 6) is 3.23. The zero-order valence-electron chi connectivity index (χ0n) is 12.5. The molecule has 3 atom stereocenters. The van der Waals surface area contributed by atoms with Crippen LogP contribution in [0.25, 0.3) is 0 Å². The largest absolute Gasteiger partial charge is 0.322 e. The first-order valence-electron chi connectivity index (χ1n) is 7.81. The molecule has 3 nitrogen and oxygen atoms in total. The molecule has 0 radical (unpaired) electrons. The SMILES string of the molecule is CCCCC1NC(C(C)C)N(C2CCCSC2)C1=O. The molecule has 0 aromatic rings.